The number of hydrogen-bond donors (Lipinski definition) is 1. The van der Waals surface area contributed by atoms with Crippen molar-refractivity contribution in [2.45, 2.75) is 63.8 Å². The number of hydrogen-bond acceptors (Lipinski definition) is 4. The second-order valence-corrected chi connectivity index (χ2v) is 5.29. The number of rotatable bonds is 3. The largest absolute Gasteiger partial charge is 0.339 e. The molecular formula is C13H23N3O. The molecule has 1 heterocycles. The second kappa shape index (κ2) is 5.63. The molecule has 1 N–H and O–H groups in total. The lowest BCUT2D eigenvalue weighted by atomic mass is 9.95. The van der Waals surface area contributed by atoms with Gasteiger partial charge in [0.1, 0.15) is 0 Å². The van der Waals surface area contributed by atoms with Gasteiger partial charge in [-0.25, -0.2) is 0 Å². The van der Waals surface area contributed by atoms with Crippen LogP contribution < -0.4 is 5.32 Å². The number of aromatic nitrogens is 2. The lowest BCUT2D eigenvalue weighted by Gasteiger charge is -2.20. The summed E-state index contributed by atoms with van der Waals surface area (Å²) in [6, 6.07) is 0.484. The van der Waals surface area contributed by atoms with Crippen molar-refractivity contribution >= 4 is 0 Å². The van der Waals surface area contributed by atoms with Crippen LogP contribution >= 0.6 is 0 Å². The predicted octanol–water partition coefficient (Wildman–Crippen LogP) is 2.83. The van der Waals surface area contributed by atoms with Crippen molar-refractivity contribution in [1.29, 1.82) is 0 Å². The fourth-order valence-corrected chi connectivity index (χ4v) is 2.58. The first-order valence-electron chi connectivity index (χ1n) is 6.73. The summed E-state index contributed by atoms with van der Waals surface area (Å²) in [4.78, 5) is 4.56. The van der Waals surface area contributed by atoms with Gasteiger partial charge in [0.25, 0.3) is 0 Å². The topological polar surface area (TPSA) is 51.0 Å². The van der Waals surface area contributed by atoms with E-state index < -0.39 is 0 Å². The van der Waals surface area contributed by atoms with E-state index in [0.29, 0.717) is 17.9 Å². The fraction of sp³-hybridized carbons (Fsp3) is 0.846. The summed E-state index contributed by atoms with van der Waals surface area (Å²) in [7, 11) is 2.03. The van der Waals surface area contributed by atoms with Crippen LogP contribution in [0.1, 0.15) is 69.5 Å². The molecule has 2 atom stereocenters. The molecule has 1 aromatic rings. The highest BCUT2D eigenvalue weighted by molar-refractivity contribution is 5.02. The zero-order valence-electron chi connectivity index (χ0n) is 11.1. The summed E-state index contributed by atoms with van der Waals surface area (Å²) in [5, 5.41) is 7.48. The van der Waals surface area contributed by atoms with E-state index in [0.717, 1.165) is 18.1 Å². The minimum absolute atomic E-state index is 0.339. The molecule has 0 amide bonds. The third kappa shape index (κ3) is 2.86. The van der Waals surface area contributed by atoms with Crippen LogP contribution in [0.15, 0.2) is 4.52 Å². The molecule has 4 nitrogen and oxygen atoms in total. The van der Waals surface area contributed by atoms with Gasteiger partial charge in [-0.15, -0.1) is 0 Å². The Morgan fingerprint density at radius 2 is 2.00 bits per heavy atom. The van der Waals surface area contributed by atoms with Gasteiger partial charge in [0.05, 0.1) is 5.92 Å². The van der Waals surface area contributed by atoms with Gasteiger partial charge in [-0.2, -0.15) is 4.98 Å². The summed E-state index contributed by atoms with van der Waals surface area (Å²) in [5.41, 5.74) is 0. The Balaban J connectivity index is 2.16. The zero-order valence-corrected chi connectivity index (χ0v) is 11.1. The number of likely N-dealkylation sites (N-methyl/N-ethyl adjacent to an activating group) is 1. The zero-order chi connectivity index (χ0) is 12.3. The van der Waals surface area contributed by atoms with Gasteiger partial charge in [-0.05, 0) is 19.9 Å². The first-order valence-corrected chi connectivity index (χ1v) is 6.73. The fourth-order valence-electron chi connectivity index (χ4n) is 2.58. The molecule has 1 saturated carbocycles. The van der Waals surface area contributed by atoms with E-state index in [4.69, 9.17) is 4.52 Å². The van der Waals surface area contributed by atoms with Gasteiger partial charge in [-0.3, -0.25) is 0 Å². The van der Waals surface area contributed by atoms with Crippen molar-refractivity contribution in [3.63, 3.8) is 0 Å². The molecule has 1 fully saturated rings. The molecular weight excluding hydrogens is 214 g/mol. The Kier molecular flexibility index (Phi) is 4.15. The van der Waals surface area contributed by atoms with E-state index in [1.54, 1.807) is 0 Å². The van der Waals surface area contributed by atoms with E-state index >= 15 is 0 Å². The first-order chi connectivity index (χ1) is 8.22. The SMILES string of the molecule is CNC1CCCCCC1c1nc(C(C)C)no1. The Morgan fingerprint density at radius 1 is 1.24 bits per heavy atom. The highest BCUT2D eigenvalue weighted by Crippen LogP contribution is 2.31. The maximum absolute atomic E-state index is 5.45. The van der Waals surface area contributed by atoms with Crippen LogP contribution in [0.5, 0.6) is 0 Å². The van der Waals surface area contributed by atoms with Gasteiger partial charge >= 0.3 is 0 Å². The molecule has 2 rings (SSSR count). The highest BCUT2D eigenvalue weighted by Gasteiger charge is 2.28. The van der Waals surface area contributed by atoms with Crippen LogP contribution in [-0.4, -0.2) is 23.2 Å². The first kappa shape index (κ1) is 12.6. The summed E-state index contributed by atoms with van der Waals surface area (Å²) in [5.74, 6) is 2.39. The van der Waals surface area contributed by atoms with Crippen molar-refractivity contribution in [2.24, 2.45) is 0 Å². The summed E-state index contributed by atoms with van der Waals surface area (Å²) < 4.78 is 5.45. The molecule has 0 aromatic carbocycles. The van der Waals surface area contributed by atoms with Crippen LogP contribution in [0.3, 0.4) is 0 Å². The molecule has 0 saturated heterocycles. The molecule has 96 valence electrons. The van der Waals surface area contributed by atoms with Crippen LogP contribution in [0.25, 0.3) is 0 Å². The number of nitrogens with one attached hydrogen (secondary N) is 1. The maximum atomic E-state index is 5.45. The van der Waals surface area contributed by atoms with Gasteiger partial charge in [0.2, 0.25) is 5.89 Å². The third-order valence-electron chi connectivity index (χ3n) is 3.68. The third-order valence-corrected chi connectivity index (χ3v) is 3.68. The summed E-state index contributed by atoms with van der Waals surface area (Å²) >= 11 is 0. The minimum atomic E-state index is 0.339. The van der Waals surface area contributed by atoms with E-state index in [-0.39, 0.29) is 0 Å². The monoisotopic (exact) mass is 237 g/mol. The molecule has 1 aliphatic carbocycles. The van der Waals surface area contributed by atoms with Crippen molar-refractivity contribution in [3.05, 3.63) is 11.7 Å². The minimum Gasteiger partial charge on any atom is -0.339 e. The molecule has 0 radical (unpaired) electrons. The summed E-state index contributed by atoms with van der Waals surface area (Å²) in [6.45, 7) is 4.19. The van der Waals surface area contributed by atoms with Gasteiger partial charge in [0.15, 0.2) is 5.82 Å². The average molecular weight is 237 g/mol. The van der Waals surface area contributed by atoms with Crippen molar-refractivity contribution in [1.82, 2.24) is 15.5 Å². The quantitative estimate of drug-likeness (QED) is 0.821. The van der Waals surface area contributed by atoms with Crippen LogP contribution in [0.4, 0.5) is 0 Å². The highest BCUT2D eigenvalue weighted by atomic mass is 16.5. The molecule has 4 heteroatoms. The Labute approximate surface area is 103 Å². The lowest BCUT2D eigenvalue weighted by Crippen LogP contribution is -2.31. The molecule has 1 aliphatic rings. The van der Waals surface area contributed by atoms with Crippen LogP contribution in [0.2, 0.25) is 0 Å². The maximum Gasteiger partial charge on any atom is 0.231 e. The molecule has 0 aliphatic heterocycles. The predicted molar refractivity (Wildman–Crippen MR) is 67.1 cm³/mol. The van der Waals surface area contributed by atoms with E-state index in [9.17, 15) is 0 Å². The van der Waals surface area contributed by atoms with Gasteiger partial charge in [0, 0.05) is 12.0 Å². The van der Waals surface area contributed by atoms with Crippen LogP contribution in [-0.2, 0) is 0 Å². The lowest BCUT2D eigenvalue weighted by molar-refractivity contribution is 0.308. The molecule has 0 bridgehead atoms. The second-order valence-electron chi connectivity index (χ2n) is 5.29. The smallest absolute Gasteiger partial charge is 0.231 e. The van der Waals surface area contributed by atoms with Crippen molar-refractivity contribution in [3.8, 4) is 0 Å². The normalized spacial score (nSPS) is 26.1. The van der Waals surface area contributed by atoms with Crippen LogP contribution in [0, 0.1) is 0 Å². The van der Waals surface area contributed by atoms with E-state index in [1.165, 1.54) is 25.7 Å². The number of nitrogens with zero attached hydrogens (tertiary/aromatic N) is 2. The Hall–Kier alpha value is -0.900. The van der Waals surface area contributed by atoms with Crippen molar-refractivity contribution in [2.75, 3.05) is 7.05 Å². The van der Waals surface area contributed by atoms with E-state index in [1.807, 2.05) is 7.05 Å². The van der Waals surface area contributed by atoms with Gasteiger partial charge in [-0.1, -0.05) is 38.3 Å². The Bertz CT molecular complexity index is 348. The molecule has 1 aromatic heterocycles. The molecule has 0 spiro atoms. The molecule has 2 unspecified atom stereocenters. The average Bonchev–Trinajstić information content (AvgIpc) is 2.68. The van der Waals surface area contributed by atoms with E-state index in [2.05, 4.69) is 29.3 Å². The standard InChI is InChI=1S/C13H23N3O/c1-9(2)12-15-13(17-16-12)10-7-5-4-6-8-11(10)14-3/h9-11,14H,4-8H2,1-3H3. The molecule has 17 heavy (non-hydrogen) atoms. The van der Waals surface area contributed by atoms with Crippen molar-refractivity contribution < 1.29 is 4.52 Å². The van der Waals surface area contributed by atoms with Gasteiger partial charge < -0.3 is 9.84 Å². The summed E-state index contributed by atoms with van der Waals surface area (Å²) in [6.07, 6.45) is 6.25. The Morgan fingerprint density at radius 3 is 2.65 bits per heavy atom.